The van der Waals surface area contributed by atoms with Gasteiger partial charge in [0.1, 0.15) is 5.82 Å². The van der Waals surface area contributed by atoms with E-state index in [0.29, 0.717) is 24.1 Å². The van der Waals surface area contributed by atoms with Crippen LogP contribution in [0, 0.1) is 5.92 Å². The van der Waals surface area contributed by atoms with Gasteiger partial charge in [-0.25, -0.2) is 0 Å². The van der Waals surface area contributed by atoms with Gasteiger partial charge >= 0.3 is 0 Å². The smallest absolute Gasteiger partial charge is 0.223 e. The van der Waals surface area contributed by atoms with Crippen LogP contribution in [0.3, 0.4) is 0 Å². The molecule has 2 aliphatic rings. The Labute approximate surface area is 160 Å². The van der Waals surface area contributed by atoms with E-state index in [1.165, 1.54) is 0 Å². The number of morpholine rings is 1. The van der Waals surface area contributed by atoms with Crippen LogP contribution >= 0.6 is 0 Å². The van der Waals surface area contributed by atoms with Gasteiger partial charge in [-0.3, -0.25) is 9.69 Å². The molecule has 1 saturated carbocycles. The van der Waals surface area contributed by atoms with E-state index in [-0.39, 0.29) is 17.7 Å². The molecule has 1 aliphatic heterocycles. The molecule has 3 rings (SSSR count). The standard InChI is InChI=1S/C19H30N4O4/c1-25-16-13-17(26-2)22-18(21-16)14-5-3-4-6-15(14)19(24)20-7-8-23-9-11-27-12-10-23/h13-15H,3-12H2,1-2H3,(H,20,24). The predicted molar refractivity (Wildman–Crippen MR) is 100 cm³/mol. The Morgan fingerprint density at radius 3 is 2.52 bits per heavy atom. The summed E-state index contributed by atoms with van der Waals surface area (Å²) in [6, 6.07) is 1.66. The van der Waals surface area contributed by atoms with E-state index in [9.17, 15) is 4.79 Å². The predicted octanol–water partition coefficient (Wildman–Crippen LogP) is 1.22. The molecular formula is C19H30N4O4. The Hall–Kier alpha value is -1.93. The van der Waals surface area contributed by atoms with Gasteiger partial charge in [-0.05, 0) is 12.8 Å². The van der Waals surface area contributed by atoms with Crippen molar-refractivity contribution < 1.29 is 19.0 Å². The third-order valence-electron chi connectivity index (χ3n) is 5.38. The minimum atomic E-state index is -0.111. The number of aromatic nitrogens is 2. The zero-order chi connectivity index (χ0) is 19.1. The lowest BCUT2D eigenvalue weighted by Crippen LogP contribution is -2.43. The van der Waals surface area contributed by atoms with Gasteiger partial charge in [-0.15, -0.1) is 0 Å². The normalized spacial score (nSPS) is 23.6. The first-order chi connectivity index (χ1) is 13.2. The quantitative estimate of drug-likeness (QED) is 0.763. The molecule has 1 aromatic rings. The summed E-state index contributed by atoms with van der Waals surface area (Å²) >= 11 is 0. The van der Waals surface area contributed by atoms with E-state index in [1.807, 2.05) is 0 Å². The minimum absolute atomic E-state index is 0.00821. The van der Waals surface area contributed by atoms with Gasteiger partial charge in [0.15, 0.2) is 0 Å². The van der Waals surface area contributed by atoms with Crippen LogP contribution in [0.2, 0.25) is 0 Å². The molecule has 8 heteroatoms. The van der Waals surface area contributed by atoms with Gasteiger partial charge in [-0.2, -0.15) is 9.97 Å². The van der Waals surface area contributed by atoms with E-state index < -0.39 is 0 Å². The lowest BCUT2D eigenvalue weighted by molar-refractivity contribution is -0.126. The number of hydrogen-bond donors (Lipinski definition) is 1. The molecule has 27 heavy (non-hydrogen) atoms. The fourth-order valence-corrected chi connectivity index (χ4v) is 3.84. The van der Waals surface area contributed by atoms with Gasteiger partial charge in [0, 0.05) is 38.0 Å². The number of amides is 1. The second-order valence-corrected chi connectivity index (χ2v) is 7.05. The molecule has 1 saturated heterocycles. The zero-order valence-electron chi connectivity index (χ0n) is 16.3. The first-order valence-electron chi connectivity index (χ1n) is 9.76. The summed E-state index contributed by atoms with van der Waals surface area (Å²) in [4.78, 5) is 24.2. The van der Waals surface area contributed by atoms with Crippen molar-refractivity contribution in [1.82, 2.24) is 20.2 Å². The van der Waals surface area contributed by atoms with Crippen LogP contribution < -0.4 is 14.8 Å². The highest BCUT2D eigenvalue weighted by atomic mass is 16.5. The second kappa shape index (κ2) is 9.85. The molecule has 0 aromatic carbocycles. The van der Waals surface area contributed by atoms with Gasteiger partial charge in [0.2, 0.25) is 17.7 Å². The summed E-state index contributed by atoms with van der Waals surface area (Å²) < 4.78 is 15.9. The molecule has 150 valence electrons. The summed E-state index contributed by atoms with van der Waals surface area (Å²) in [6.45, 7) is 4.92. The Kier molecular flexibility index (Phi) is 7.23. The van der Waals surface area contributed by atoms with Crippen LogP contribution in [0.4, 0.5) is 0 Å². The Bertz CT molecular complexity index is 599. The summed E-state index contributed by atoms with van der Waals surface area (Å²) in [6.07, 6.45) is 3.89. The van der Waals surface area contributed by atoms with E-state index in [4.69, 9.17) is 14.2 Å². The monoisotopic (exact) mass is 378 g/mol. The summed E-state index contributed by atoms with van der Waals surface area (Å²) in [5, 5.41) is 3.12. The van der Waals surface area contributed by atoms with Crippen molar-refractivity contribution in [2.45, 2.75) is 31.6 Å². The van der Waals surface area contributed by atoms with Crippen molar-refractivity contribution in [2.24, 2.45) is 5.92 Å². The third kappa shape index (κ3) is 5.29. The first-order valence-corrected chi connectivity index (χ1v) is 9.76. The topological polar surface area (TPSA) is 85.8 Å². The molecule has 0 bridgehead atoms. The van der Waals surface area contributed by atoms with Crippen molar-refractivity contribution in [1.29, 1.82) is 0 Å². The number of hydrogen-bond acceptors (Lipinski definition) is 7. The molecule has 0 radical (unpaired) electrons. The maximum atomic E-state index is 12.9. The molecule has 1 amide bonds. The number of methoxy groups -OCH3 is 2. The van der Waals surface area contributed by atoms with E-state index in [1.54, 1.807) is 20.3 Å². The maximum absolute atomic E-state index is 12.9. The summed E-state index contributed by atoms with van der Waals surface area (Å²) in [5.41, 5.74) is 0. The lowest BCUT2D eigenvalue weighted by atomic mass is 9.78. The Balaban J connectivity index is 1.63. The molecule has 0 spiro atoms. The van der Waals surface area contributed by atoms with Crippen molar-refractivity contribution in [2.75, 3.05) is 53.6 Å². The maximum Gasteiger partial charge on any atom is 0.223 e. The number of nitrogens with one attached hydrogen (secondary N) is 1. The van der Waals surface area contributed by atoms with Gasteiger partial charge in [0.25, 0.3) is 0 Å². The van der Waals surface area contributed by atoms with Crippen LogP contribution in [-0.4, -0.2) is 74.4 Å². The van der Waals surface area contributed by atoms with E-state index in [2.05, 4.69) is 20.2 Å². The molecule has 8 nitrogen and oxygen atoms in total. The molecule has 2 unspecified atom stereocenters. The van der Waals surface area contributed by atoms with E-state index >= 15 is 0 Å². The average molecular weight is 378 g/mol. The molecule has 2 fully saturated rings. The fourth-order valence-electron chi connectivity index (χ4n) is 3.84. The van der Waals surface area contributed by atoms with Crippen LogP contribution in [0.25, 0.3) is 0 Å². The van der Waals surface area contributed by atoms with E-state index in [0.717, 1.165) is 58.5 Å². The number of carbonyl (C=O) groups is 1. The molecule has 1 N–H and O–H groups in total. The highest BCUT2D eigenvalue weighted by Gasteiger charge is 2.34. The third-order valence-corrected chi connectivity index (χ3v) is 5.38. The number of rotatable bonds is 7. The van der Waals surface area contributed by atoms with Crippen molar-refractivity contribution >= 4 is 5.91 Å². The van der Waals surface area contributed by atoms with Crippen molar-refractivity contribution in [3.8, 4) is 11.8 Å². The number of carbonyl (C=O) groups excluding carboxylic acids is 1. The minimum Gasteiger partial charge on any atom is -0.481 e. The van der Waals surface area contributed by atoms with Gasteiger partial charge in [0.05, 0.1) is 33.5 Å². The number of ether oxygens (including phenoxy) is 3. The van der Waals surface area contributed by atoms with Crippen LogP contribution in [0.15, 0.2) is 6.07 Å². The highest BCUT2D eigenvalue weighted by Crippen LogP contribution is 2.37. The molecule has 1 aliphatic carbocycles. The second-order valence-electron chi connectivity index (χ2n) is 7.05. The Morgan fingerprint density at radius 2 is 1.85 bits per heavy atom. The summed E-state index contributed by atoms with van der Waals surface area (Å²) in [7, 11) is 3.14. The zero-order valence-corrected chi connectivity index (χ0v) is 16.3. The largest absolute Gasteiger partial charge is 0.481 e. The van der Waals surface area contributed by atoms with Crippen LogP contribution in [0.1, 0.15) is 37.4 Å². The lowest BCUT2D eigenvalue weighted by Gasteiger charge is -2.30. The number of nitrogens with zero attached hydrogens (tertiary/aromatic N) is 3. The molecule has 1 aromatic heterocycles. The van der Waals surface area contributed by atoms with Crippen LogP contribution in [-0.2, 0) is 9.53 Å². The van der Waals surface area contributed by atoms with Gasteiger partial charge in [-0.1, -0.05) is 12.8 Å². The van der Waals surface area contributed by atoms with Gasteiger partial charge < -0.3 is 19.5 Å². The molecule has 2 atom stereocenters. The summed E-state index contributed by atoms with van der Waals surface area (Å²) in [5.74, 6) is 1.55. The highest BCUT2D eigenvalue weighted by molar-refractivity contribution is 5.79. The SMILES string of the molecule is COc1cc(OC)nc(C2CCCCC2C(=O)NCCN2CCOCC2)n1. The van der Waals surface area contributed by atoms with Crippen LogP contribution in [0.5, 0.6) is 11.8 Å². The molecule has 2 heterocycles. The Morgan fingerprint density at radius 1 is 1.19 bits per heavy atom. The average Bonchev–Trinajstić information content (AvgIpc) is 2.74. The van der Waals surface area contributed by atoms with Crippen molar-refractivity contribution in [3.05, 3.63) is 11.9 Å². The van der Waals surface area contributed by atoms with Crippen molar-refractivity contribution in [3.63, 3.8) is 0 Å². The molecular weight excluding hydrogens is 348 g/mol. The first kappa shape index (κ1) is 19.8. The fraction of sp³-hybridized carbons (Fsp3) is 0.737.